The summed E-state index contributed by atoms with van der Waals surface area (Å²) in [5.41, 5.74) is 0.361. The molecule has 1 atom stereocenters. The molecule has 1 rings (SSSR count). The van der Waals surface area contributed by atoms with Crippen molar-refractivity contribution < 1.29 is 0 Å². The Hall–Kier alpha value is -0.0800. The summed E-state index contributed by atoms with van der Waals surface area (Å²) in [6.45, 7) is 9.43. The lowest BCUT2D eigenvalue weighted by molar-refractivity contribution is 0.146. The summed E-state index contributed by atoms with van der Waals surface area (Å²) in [5.74, 6) is 0. The van der Waals surface area contributed by atoms with E-state index in [1.807, 2.05) is 0 Å². The standard InChI is InChI=1S/C14H30N2/c1-5-14(2,3)16(4)12-8-10-13-9-6-7-11-15-13/h13,15H,5-12H2,1-4H3. The van der Waals surface area contributed by atoms with Gasteiger partial charge in [-0.1, -0.05) is 13.3 Å². The molecule has 1 aliphatic heterocycles. The van der Waals surface area contributed by atoms with E-state index in [1.165, 1.54) is 51.6 Å². The molecule has 0 aromatic heterocycles. The molecule has 2 heteroatoms. The zero-order valence-corrected chi connectivity index (χ0v) is 11.7. The summed E-state index contributed by atoms with van der Waals surface area (Å²) in [4.78, 5) is 2.51. The van der Waals surface area contributed by atoms with Crippen LogP contribution >= 0.6 is 0 Å². The third-order valence-corrected chi connectivity index (χ3v) is 4.36. The SMILES string of the molecule is CCC(C)(C)N(C)CCCC1CCCCN1. The van der Waals surface area contributed by atoms with Gasteiger partial charge in [0.05, 0.1) is 0 Å². The second-order valence-electron chi connectivity index (χ2n) is 5.88. The van der Waals surface area contributed by atoms with Crippen LogP contribution in [0.4, 0.5) is 0 Å². The molecule has 1 aliphatic rings. The quantitative estimate of drug-likeness (QED) is 0.749. The van der Waals surface area contributed by atoms with Crippen LogP contribution in [0.15, 0.2) is 0 Å². The van der Waals surface area contributed by atoms with E-state index in [-0.39, 0.29) is 0 Å². The molecule has 1 N–H and O–H groups in total. The average molecular weight is 226 g/mol. The van der Waals surface area contributed by atoms with E-state index in [2.05, 4.69) is 38.0 Å². The first-order chi connectivity index (χ1) is 7.56. The van der Waals surface area contributed by atoms with Crippen LogP contribution in [-0.4, -0.2) is 36.6 Å². The lowest BCUT2D eigenvalue weighted by Crippen LogP contribution is -2.41. The zero-order valence-electron chi connectivity index (χ0n) is 11.7. The van der Waals surface area contributed by atoms with Crippen molar-refractivity contribution in [2.45, 2.75) is 70.9 Å². The summed E-state index contributed by atoms with van der Waals surface area (Å²) in [6, 6.07) is 0.798. The van der Waals surface area contributed by atoms with Gasteiger partial charge in [0.1, 0.15) is 0 Å². The summed E-state index contributed by atoms with van der Waals surface area (Å²) in [5, 5.41) is 3.63. The van der Waals surface area contributed by atoms with Gasteiger partial charge in [-0.05, 0) is 66.1 Å². The van der Waals surface area contributed by atoms with Gasteiger partial charge in [-0.3, -0.25) is 0 Å². The third-order valence-electron chi connectivity index (χ3n) is 4.36. The van der Waals surface area contributed by atoms with Crippen LogP contribution in [0.5, 0.6) is 0 Å². The molecule has 1 fully saturated rings. The molecule has 1 saturated heterocycles. The zero-order chi connectivity index (χ0) is 12.0. The van der Waals surface area contributed by atoms with Gasteiger partial charge in [0.15, 0.2) is 0 Å². The molecule has 0 aliphatic carbocycles. The van der Waals surface area contributed by atoms with E-state index in [0.717, 1.165) is 6.04 Å². The van der Waals surface area contributed by atoms with Crippen LogP contribution < -0.4 is 5.32 Å². The van der Waals surface area contributed by atoms with E-state index in [4.69, 9.17) is 0 Å². The smallest absolute Gasteiger partial charge is 0.0147 e. The Morgan fingerprint density at radius 3 is 2.62 bits per heavy atom. The number of piperidine rings is 1. The van der Waals surface area contributed by atoms with E-state index in [9.17, 15) is 0 Å². The van der Waals surface area contributed by atoms with Crippen molar-refractivity contribution >= 4 is 0 Å². The second kappa shape index (κ2) is 6.61. The average Bonchev–Trinajstić information content (AvgIpc) is 2.30. The Bertz CT molecular complexity index is 183. The fourth-order valence-electron chi connectivity index (χ4n) is 2.32. The normalized spacial score (nSPS) is 22.7. The van der Waals surface area contributed by atoms with E-state index >= 15 is 0 Å². The molecule has 0 aromatic rings. The molecule has 16 heavy (non-hydrogen) atoms. The Kier molecular flexibility index (Phi) is 5.77. The van der Waals surface area contributed by atoms with Crippen molar-refractivity contribution in [1.29, 1.82) is 0 Å². The third kappa shape index (κ3) is 4.42. The minimum atomic E-state index is 0.361. The molecular weight excluding hydrogens is 196 g/mol. The first-order valence-corrected chi connectivity index (χ1v) is 7.01. The molecule has 0 spiro atoms. The Morgan fingerprint density at radius 1 is 1.31 bits per heavy atom. The second-order valence-corrected chi connectivity index (χ2v) is 5.88. The summed E-state index contributed by atoms with van der Waals surface area (Å²) < 4.78 is 0. The largest absolute Gasteiger partial charge is 0.314 e. The highest BCUT2D eigenvalue weighted by Gasteiger charge is 2.20. The van der Waals surface area contributed by atoms with Gasteiger partial charge >= 0.3 is 0 Å². The molecule has 2 nitrogen and oxygen atoms in total. The predicted octanol–water partition coefficient (Wildman–Crippen LogP) is 3.03. The number of hydrogen-bond donors (Lipinski definition) is 1. The maximum absolute atomic E-state index is 3.63. The Morgan fingerprint density at radius 2 is 2.06 bits per heavy atom. The highest BCUT2D eigenvalue weighted by Crippen LogP contribution is 2.18. The van der Waals surface area contributed by atoms with Gasteiger partial charge in [0.2, 0.25) is 0 Å². The van der Waals surface area contributed by atoms with Crippen LogP contribution in [0.2, 0.25) is 0 Å². The summed E-state index contributed by atoms with van der Waals surface area (Å²) in [6.07, 6.45) is 8.10. The van der Waals surface area contributed by atoms with Crippen molar-refractivity contribution in [3.8, 4) is 0 Å². The van der Waals surface area contributed by atoms with Gasteiger partial charge < -0.3 is 10.2 Å². The molecule has 96 valence electrons. The molecule has 1 unspecified atom stereocenters. The highest BCUT2D eigenvalue weighted by molar-refractivity contribution is 4.78. The first kappa shape index (κ1) is 14.0. The van der Waals surface area contributed by atoms with Gasteiger partial charge in [0, 0.05) is 11.6 Å². The van der Waals surface area contributed by atoms with Crippen molar-refractivity contribution in [3.63, 3.8) is 0 Å². The van der Waals surface area contributed by atoms with Gasteiger partial charge in [-0.15, -0.1) is 0 Å². The van der Waals surface area contributed by atoms with Crippen LogP contribution in [-0.2, 0) is 0 Å². The monoisotopic (exact) mass is 226 g/mol. The fourth-order valence-corrected chi connectivity index (χ4v) is 2.32. The fraction of sp³-hybridized carbons (Fsp3) is 1.00. The number of hydrogen-bond acceptors (Lipinski definition) is 2. The van der Waals surface area contributed by atoms with E-state index < -0.39 is 0 Å². The highest BCUT2D eigenvalue weighted by atomic mass is 15.2. The molecule has 0 saturated carbocycles. The maximum Gasteiger partial charge on any atom is 0.0147 e. The maximum atomic E-state index is 3.63. The Balaban J connectivity index is 2.14. The van der Waals surface area contributed by atoms with Crippen LogP contribution in [0.3, 0.4) is 0 Å². The van der Waals surface area contributed by atoms with Crippen molar-refractivity contribution in [2.24, 2.45) is 0 Å². The summed E-state index contributed by atoms with van der Waals surface area (Å²) >= 11 is 0. The summed E-state index contributed by atoms with van der Waals surface area (Å²) in [7, 11) is 2.26. The number of rotatable bonds is 6. The molecule has 0 aromatic carbocycles. The predicted molar refractivity (Wildman–Crippen MR) is 71.9 cm³/mol. The minimum Gasteiger partial charge on any atom is -0.314 e. The van der Waals surface area contributed by atoms with Crippen molar-refractivity contribution in [2.75, 3.05) is 20.1 Å². The van der Waals surface area contributed by atoms with Crippen molar-refractivity contribution in [3.05, 3.63) is 0 Å². The Labute approximate surface area is 102 Å². The molecule has 0 radical (unpaired) electrons. The number of nitrogens with zero attached hydrogens (tertiary/aromatic N) is 1. The van der Waals surface area contributed by atoms with Crippen LogP contribution in [0.1, 0.15) is 59.3 Å². The van der Waals surface area contributed by atoms with Crippen LogP contribution in [0.25, 0.3) is 0 Å². The lowest BCUT2D eigenvalue weighted by Gasteiger charge is -2.35. The van der Waals surface area contributed by atoms with Crippen LogP contribution in [0, 0.1) is 0 Å². The van der Waals surface area contributed by atoms with Gasteiger partial charge in [-0.25, -0.2) is 0 Å². The first-order valence-electron chi connectivity index (χ1n) is 7.01. The topological polar surface area (TPSA) is 15.3 Å². The molecule has 1 heterocycles. The minimum absolute atomic E-state index is 0.361. The molecule has 0 amide bonds. The molecular formula is C14H30N2. The van der Waals surface area contributed by atoms with E-state index in [1.54, 1.807) is 0 Å². The van der Waals surface area contributed by atoms with Crippen molar-refractivity contribution in [1.82, 2.24) is 10.2 Å². The molecule has 0 bridgehead atoms. The lowest BCUT2D eigenvalue weighted by atomic mass is 9.98. The number of nitrogens with one attached hydrogen (secondary N) is 1. The van der Waals surface area contributed by atoms with Gasteiger partial charge in [0.25, 0.3) is 0 Å². The van der Waals surface area contributed by atoms with Gasteiger partial charge in [-0.2, -0.15) is 0 Å². The van der Waals surface area contributed by atoms with E-state index in [0.29, 0.717) is 5.54 Å².